The number of nitrogens with two attached hydrogens (primary N) is 1. The van der Waals surface area contributed by atoms with Crippen molar-refractivity contribution in [2.45, 2.75) is 64.5 Å². The van der Waals surface area contributed by atoms with E-state index in [1.807, 2.05) is 6.92 Å². The van der Waals surface area contributed by atoms with Crippen LogP contribution in [0.5, 0.6) is 0 Å². The smallest absolute Gasteiger partial charge is 0.260 e. The third-order valence-corrected chi connectivity index (χ3v) is 8.11. The van der Waals surface area contributed by atoms with Gasteiger partial charge in [0.25, 0.3) is 5.56 Å². The summed E-state index contributed by atoms with van der Waals surface area (Å²) in [7, 11) is 0. The molecule has 1 saturated heterocycles. The van der Waals surface area contributed by atoms with Crippen molar-refractivity contribution in [1.29, 1.82) is 0 Å². The molecule has 1 aliphatic heterocycles. The minimum Gasteiger partial charge on any atom is -0.370 e. The van der Waals surface area contributed by atoms with Crippen LogP contribution in [0.1, 0.15) is 61.3 Å². The normalized spacial score (nSPS) is 21.8. The molecule has 0 aromatic carbocycles. The average molecular weight is 407 g/mol. The van der Waals surface area contributed by atoms with Crippen molar-refractivity contribution in [2.24, 2.45) is 0 Å². The molecule has 1 saturated carbocycles. The summed E-state index contributed by atoms with van der Waals surface area (Å²) in [6, 6.07) is 0.152. The molecule has 2 fully saturated rings. The van der Waals surface area contributed by atoms with E-state index in [1.165, 1.54) is 37.0 Å². The van der Waals surface area contributed by atoms with Crippen molar-refractivity contribution < 1.29 is 15.0 Å². The molecule has 0 bridgehead atoms. The number of thiophene rings is 1. The Kier molecular flexibility index (Phi) is 5.88. The number of aryl methyl sites for hydroxylation is 2. The summed E-state index contributed by atoms with van der Waals surface area (Å²) in [5.74, 6) is 0.807. The van der Waals surface area contributed by atoms with Crippen LogP contribution in [0.15, 0.2) is 4.79 Å². The van der Waals surface area contributed by atoms with Crippen molar-refractivity contribution in [3.8, 4) is 0 Å². The van der Waals surface area contributed by atoms with E-state index in [4.69, 9.17) is 9.72 Å². The maximum absolute atomic E-state index is 12.6. The Balaban J connectivity index is 1.53. The summed E-state index contributed by atoms with van der Waals surface area (Å²) in [6.07, 6.45) is 6.64. The number of morpholine rings is 1. The summed E-state index contributed by atoms with van der Waals surface area (Å²) < 4.78 is 5.62. The number of nitrogens with zero attached hydrogens (tertiary/aromatic N) is 1. The first-order valence-corrected chi connectivity index (χ1v) is 11.6. The molecule has 0 unspecified atom stereocenters. The molecule has 0 spiro atoms. The second-order valence-corrected chi connectivity index (χ2v) is 9.90. The topological polar surface area (TPSA) is 76.0 Å². The Bertz CT molecular complexity index is 878. The number of rotatable bonds is 5. The van der Waals surface area contributed by atoms with Gasteiger partial charge in [-0.3, -0.25) is 4.79 Å². The van der Waals surface area contributed by atoms with Crippen molar-refractivity contribution >= 4 is 21.6 Å². The first-order chi connectivity index (χ1) is 13.5. The van der Waals surface area contributed by atoms with Crippen molar-refractivity contribution in [3.63, 3.8) is 0 Å². The first-order valence-electron chi connectivity index (χ1n) is 10.8. The number of hydrogen-bond acceptors (Lipinski definition) is 4. The van der Waals surface area contributed by atoms with Crippen LogP contribution >= 0.6 is 11.3 Å². The molecule has 2 aromatic heterocycles. The van der Waals surface area contributed by atoms with Gasteiger partial charge in [0.15, 0.2) is 5.82 Å². The van der Waals surface area contributed by atoms with E-state index < -0.39 is 0 Å². The van der Waals surface area contributed by atoms with E-state index >= 15 is 0 Å². The number of ether oxygens (including phenoxy) is 1. The Morgan fingerprint density at radius 3 is 2.68 bits per heavy atom. The van der Waals surface area contributed by atoms with Gasteiger partial charge in [-0.05, 0) is 39.2 Å². The van der Waals surface area contributed by atoms with Crippen LogP contribution in [0, 0.1) is 13.8 Å². The molecule has 1 aliphatic carbocycles. The zero-order valence-corrected chi connectivity index (χ0v) is 18.2. The Morgan fingerprint density at radius 1 is 1.25 bits per heavy atom. The van der Waals surface area contributed by atoms with E-state index in [2.05, 4.69) is 24.1 Å². The fourth-order valence-electron chi connectivity index (χ4n) is 5.08. The van der Waals surface area contributed by atoms with E-state index in [0.717, 1.165) is 54.5 Å². The molecule has 154 valence electrons. The van der Waals surface area contributed by atoms with E-state index in [1.54, 1.807) is 16.2 Å². The predicted molar refractivity (Wildman–Crippen MR) is 112 cm³/mol. The van der Waals surface area contributed by atoms with Gasteiger partial charge in [0.05, 0.1) is 18.6 Å². The zero-order valence-electron chi connectivity index (χ0n) is 17.4. The third-order valence-electron chi connectivity index (χ3n) is 7.01. The molecule has 6 nitrogen and oxygen atoms in total. The van der Waals surface area contributed by atoms with Crippen LogP contribution in [0.4, 0.5) is 0 Å². The number of nitrogens with one attached hydrogen (secondary N) is 2. The minimum absolute atomic E-state index is 0.00767. The van der Waals surface area contributed by atoms with Gasteiger partial charge in [-0.2, -0.15) is 0 Å². The molecule has 3 heterocycles. The van der Waals surface area contributed by atoms with Crippen LogP contribution in [0.2, 0.25) is 0 Å². The SMILES string of the molecule is Cc1sc2nc([C@H](C)[NH2+]CC3([NH+]4CCOCC4)CCCCC3)[nH]c(=O)c2c1C. The minimum atomic E-state index is 0.00767. The van der Waals surface area contributed by atoms with Gasteiger partial charge >= 0.3 is 0 Å². The summed E-state index contributed by atoms with van der Waals surface area (Å²) in [4.78, 5) is 24.3. The molecule has 0 radical (unpaired) electrons. The highest BCUT2D eigenvalue weighted by atomic mass is 32.1. The van der Waals surface area contributed by atoms with Crippen LogP contribution < -0.4 is 15.8 Å². The highest BCUT2D eigenvalue weighted by Gasteiger charge is 2.44. The monoisotopic (exact) mass is 406 g/mol. The standard InChI is InChI=1S/C21H32N4O2S/c1-14-16(3)28-20-17(14)19(26)23-18(24-20)15(2)22-13-21(7-5-4-6-8-21)25-9-11-27-12-10-25/h15,22H,4-13H2,1-3H3,(H,23,24,26)/p+2/t15-/m0/s1. The molecule has 7 heteroatoms. The zero-order chi connectivity index (χ0) is 19.7. The Hall–Kier alpha value is -1.28. The fourth-order valence-corrected chi connectivity index (χ4v) is 6.12. The highest BCUT2D eigenvalue weighted by molar-refractivity contribution is 7.18. The van der Waals surface area contributed by atoms with Crippen molar-refractivity contribution in [2.75, 3.05) is 32.8 Å². The molecule has 1 atom stereocenters. The van der Waals surface area contributed by atoms with E-state index in [0.29, 0.717) is 5.54 Å². The second-order valence-electron chi connectivity index (χ2n) is 8.70. The van der Waals surface area contributed by atoms with Gasteiger partial charge < -0.3 is 19.9 Å². The van der Waals surface area contributed by atoms with Crippen molar-refractivity contribution in [1.82, 2.24) is 9.97 Å². The van der Waals surface area contributed by atoms with Crippen LogP contribution in [0.25, 0.3) is 10.2 Å². The molecule has 4 N–H and O–H groups in total. The number of aromatic nitrogens is 2. The van der Waals surface area contributed by atoms with Crippen LogP contribution in [-0.2, 0) is 4.74 Å². The molecule has 0 amide bonds. The molecule has 2 aromatic rings. The van der Waals surface area contributed by atoms with E-state index in [-0.39, 0.29) is 11.6 Å². The van der Waals surface area contributed by atoms with Gasteiger partial charge in [-0.15, -0.1) is 11.3 Å². The third kappa shape index (κ3) is 3.77. The summed E-state index contributed by atoms with van der Waals surface area (Å²) >= 11 is 1.63. The lowest BCUT2D eigenvalue weighted by Gasteiger charge is -2.43. The number of fused-ring (bicyclic) bond motifs is 1. The fraction of sp³-hybridized carbons (Fsp3) is 0.714. The largest absolute Gasteiger partial charge is 0.370 e. The van der Waals surface area contributed by atoms with Crippen LogP contribution in [0.3, 0.4) is 0 Å². The van der Waals surface area contributed by atoms with Gasteiger partial charge in [0.1, 0.15) is 36.0 Å². The number of H-pyrrole nitrogens is 1. The molecule has 28 heavy (non-hydrogen) atoms. The lowest BCUT2D eigenvalue weighted by Crippen LogP contribution is -3.24. The van der Waals surface area contributed by atoms with Crippen molar-refractivity contribution in [3.05, 3.63) is 26.6 Å². The summed E-state index contributed by atoms with van der Waals surface area (Å²) in [6.45, 7) is 11.3. The highest BCUT2D eigenvalue weighted by Crippen LogP contribution is 2.27. The van der Waals surface area contributed by atoms with Crippen LogP contribution in [-0.4, -0.2) is 48.4 Å². The van der Waals surface area contributed by atoms with Gasteiger partial charge in [-0.25, -0.2) is 4.98 Å². The number of aromatic amines is 1. The number of quaternary nitrogens is 2. The lowest BCUT2D eigenvalue weighted by molar-refractivity contribution is -0.976. The summed E-state index contributed by atoms with van der Waals surface area (Å²) in [5, 5.41) is 3.17. The lowest BCUT2D eigenvalue weighted by atomic mass is 9.79. The predicted octanol–water partition coefficient (Wildman–Crippen LogP) is 0.844. The second kappa shape index (κ2) is 8.22. The Labute approximate surface area is 170 Å². The first kappa shape index (κ1) is 20.0. The average Bonchev–Trinajstić information content (AvgIpc) is 3.01. The van der Waals surface area contributed by atoms with Gasteiger partial charge in [-0.1, -0.05) is 6.42 Å². The van der Waals surface area contributed by atoms with E-state index in [9.17, 15) is 4.79 Å². The Morgan fingerprint density at radius 2 is 1.96 bits per heavy atom. The number of hydrogen-bond donors (Lipinski definition) is 3. The van der Waals surface area contributed by atoms with Gasteiger partial charge in [0.2, 0.25) is 0 Å². The van der Waals surface area contributed by atoms with Gasteiger partial charge in [0, 0.05) is 17.7 Å². The maximum Gasteiger partial charge on any atom is 0.260 e. The molecule has 4 rings (SSSR count). The maximum atomic E-state index is 12.6. The summed E-state index contributed by atoms with van der Waals surface area (Å²) in [5.41, 5.74) is 1.42. The molecular weight excluding hydrogens is 372 g/mol. The molecular formula is C21H34N4O2S+2. The quantitative estimate of drug-likeness (QED) is 0.689. The molecule has 2 aliphatic rings.